The molecule has 0 radical (unpaired) electrons. The summed E-state index contributed by atoms with van der Waals surface area (Å²) in [6.45, 7) is 2.16. The quantitative estimate of drug-likeness (QED) is 0.932. The summed E-state index contributed by atoms with van der Waals surface area (Å²) in [6, 6.07) is 8.55. The molecule has 96 valence electrons. The fourth-order valence-corrected chi connectivity index (χ4v) is 2.82. The van der Waals surface area contributed by atoms with Gasteiger partial charge in [-0.3, -0.25) is 0 Å². The van der Waals surface area contributed by atoms with Crippen molar-refractivity contribution >= 4 is 21.6 Å². The zero-order valence-electron chi connectivity index (χ0n) is 10.6. The van der Waals surface area contributed by atoms with Crippen molar-refractivity contribution < 1.29 is 0 Å². The summed E-state index contributed by atoms with van der Waals surface area (Å²) in [7, 11) is 2.19. The minimum absolute atomic E-state index is 0.619. The fraction of sp³-hybridized carbons (Fsp3) is 0.500. The summed E-state index contributed by atoms with van der Waals surface area (Å²) in [5, 5.41) is 12.3. The first-order valence-corrected chi connectivity index (χ1v) is 7.14. The largest absolute Gasteiger partial charge is 0.383 e. The Balaban J connectivity index is 1.94. The minimum atomic E-state index is 0.619. The predicted octanol–water partition coefficient (Wildman–Crippen LogP) is 3.22. The Kier molecular flexibility index (Phi) is 4.62. The molecule has 1 aromatic rings. The number of likely N-dealkylation sites (N-methyl/N-ethyl adjacent to an activating group) is 1. The van der Waals surface area contributed by atoms with E-state index in [1.165, 1.54) is 25.8 Å². The average Bonchev–Trinajstić information content (AvgIpc) is 2.38. The highest BCUT2D eigenvalue weighted by molar-refractivity contribution is 9.10. The number of rotatable bonds is 3. The lowest BCUT2D eigenvalue weighted by molar-refractivity contribution is 0.194. The lowest BCUT2D eigenvalue weighted by atomic mass is 10.0. The summed E-state index contributed by atoms with van der Waals surface area (Å²) >= 11 is 3.41. The fourth-order valence-electron chi connectivity index (χ4n) is 2.35. The molecule has 0 bridgehead atoms. The van der Waals surface area contributed by atoms with Gasteiger partial charge in [0.15, 0.2) is 0 Å². The van der Waals surface area contributed by atoms with Crippen LogP contribution in [0.15, 0.2) is 22.7 Å². The summed E-state index contributed by atoms with van der Waals surface area (Å²) in [5.41, 5.74) is 1.75. The van der Waals surface area contributed by atoms with E-state index in [9.17, 15) is 0 Å². The number of hydrogen-bond donors (Lipinski definition) is 1. The third kappa shape index (κ3) is 3.24. The molecular weight excluding hydrogens is 290 g/mol. The lowest BCUT2D eigenvalue weighted by Crippen LogP contribution is -2.40. The molecule has 1 atom stereocenters. The Labute approximate surface area is 117 Å². The van der Waals surface area contributed by atoms with Gasteiger partial charge in [0, 0.05) is 22.7 Å². The topological polar surface area (TPSA) is 39.1 Å². The number of anilines is 1. The van der Waals surface area contributed by atoms with Crippen LogP contribution in [0.25, 0.3) is 0 Å². The third-order valence-corrected chi connectivity index (χ3v) is 4.21. The number of likely N-dealkylation sites (tertiary alicyclic amines) is 1. The Hall–Kier alpha value is -1.05. The third-order valence-electron chi connectivity index (χ3n) is 3.55. The van der Waals surface area contributed by atoms with Gasteiger partial charge in [0.2, 0.25) is 0 Å². The van der Waals surface area contributed by atoms with Crippen molar-refractivity contribution in [2.45, 2.75) is 25.3 Å². The molecule has 1 heterocycles. The molecule has 0 saturated carbocycles. The molecule has 4 heteroatoms. The maximum absolute atomic E-state index is 8.87. The van der Waals surface area contributed by atoms with Gasteiger partial charge in [-0.05, 0) is 60.6 Å². The van der Waals surface area contributed by atoms with Gasteiger partial charge in [0.25, 0.3) is 0 Å². The van der Waals surface area contributed by atoms with Crippen LogP contribution in [0.3, 0.4) is 0 Å². The SMILES string of the molecule is CN1CCCCC1CNc1ccc(C#N)c(Br)c1. The maximum atomic E-state index is 8.87. The summed E-state index contributed by atoms with van der Waals surface area (Å²) in [6.07, 6.45) is 3.91. The monoisotopic (exact) mass is 307 g/mol. The van der Waals surface area contributed by atoms with Crippen molar-refractivity contribution in [1.29, 1.82) is 5.26 Å². The zero-order valence-corrected chi connectivity index (χ0v) is 12.2. The van der Waals surface area contributed by atoms with Crippen molar-refractivity contribution in [3.63, 3.8) is 0 Å². The van der Waals surface area contributed by atoms with Crippen LogP contribution in [-0.2, 0) is 0 Å². The van der Waals surface area contributed by atoms with Gasteiger partial charge in [-0.1, -0.05) is 6.42 Å². The van der Waals surface area contributed by atoms with E-state index in [0.29, 0.717) is 11.6 Å². The molecule has 1 saturated heterocycles. The molecule has 1 aromatic carbocycles. The molecule has 2 rings (SSSR count). The maximum Gasteiger partial charge on any atom is 0.100 e. The number of halogens is 1. The van der Waals surface area contributed by atoms with Crippen molar-refractivity contribution in [3.05, 3.63) is 28.2 Å². The van der Waals surface area contributed by atoms with Crippen LogP contribution >= 0.6 is 15.9 Å². The van der Waals surface area contributed by atoms with Crippen LogP contribution in [0.1, 0.15) is 24.8 Å². The number of piperidine rings is 1. The molecule has 1 unspecified atom stereocenters. The predicted molar refractivity (Wildman–Crippen MR) is 77.6 cm³/mol. The molecule has 1 aliphatic rings. The van der Waals surface area contributed by atoms with E-state index in [1.54, 1.807) is 0 Å². The Morgan fingerprint density at radius 3 is 3.00 bits per heavy atom. The van der Waals surface area contributed by atoms with Crippen LogP contribution in [0.2, 0.25) is 0 Å². The molecule has 0 aliphatic carbocycles. The average molecular weight is 308 g/mol. The first-order chi connectivity index (χ1) is 8.70. The first-order valence-electron chi connectivity index (χ1n) is 6.34. The molecule has 0 amide bonds. The van der Waals surface area contributed by atoms with Crippen molar-refractivity contribution in [2.75, 3.05) is 25.5 Å². The Morgan fingerprint density at radius 2 is 2.33 bits per heavy atom. The van der Waals surface area contributed by atoms with Gasteiger partial charge >= 0.3 is 0 Å². The molecule has 1 aliphatic heterocycles. The second kappa shape index (κ2) is 6.21. The molecule has 1 N–H and O–H groups in total. The molecule has 3 nitrogen and oxygen atoms in total. The van der Waals surface area contributed by atoms with E-state index < -0.39 is 0 Å². The molecule has 0 spiro atoms. The van der Waals surface area contributed by atoms with Gasteiger partial charge in [-0.15, -0.1) is 0 Å². The van der Waals surface area contributed by atoms with E-state index in [4.69, 9.17) is 5.26 Å². The van der Waals surface area contributed by atoms with E-state index in [1.807, 2.05) is 18.2 Å². The molecular formula is C14H18BrN3. The van der Waals surface area contributed by atoms with Crippen molar-refractivity contribution in [1.82, 2.24) is 4.90 Å². The second-order valence-corrected chi connectivity index (χ2v) is 5.67. The van der Waals surface area contributed by atoms with E-state index in [2.05, 4.69) is 39.3 Å². The van der Waals surface area contributed by atoms with Crippen molar-refractivity contribution in [2.24, 2.45) is 0 Å². The van der Waals surface area contributed by atoms with Crippen LogP contribution in [-0.4, -0.2) is 31.1 Å². The summed E-state index contributed by atoms with van der Waals surface area (Å²) in [5.74, 6) is 0. The van der Waals surface area contributed by atoms with E-state index >= 15 is 0 Å². The first kappa shape index (κ1) is 13.4. The highest BCUT2D eigenvalue weighted by atomic mass is 79.9. The van der Waals surface area contributed by atoms with Gasteiger partial charge in [0.1, 0.15) is 6.07 Å². The smallest absolute Gasteiger partial charge is 0.100 e. The van der Waals surface area contributed by atoms with E-state index in [-0.39, 0.29) is 0 Å². The van der Waals surface area contributed by atoms with Gasteiger partial charge in [-0.25, -0.2) is 0 Å². The van der Waals surface area contributed by atoms with Gasteiger partial charge in [0.05, 0.1) is 5.56 Å². The van der Waals surface area contributed by atoms with Crippen LogP contribution in [0.5, 0.6) is 0 Å². The Bertz CT molecular complexity index is 453. The van der Waals surface area contributed by atoms with Crippen LogP contribution < -0.4 is 5.32 Å². The highest BCUT2D eigenvalue weighted by Crippen LogP contribution is 2.22. The van der Waals surface area contributed by atoms with Crippen LogP contribution in [0, 0.1) is 11.3 Å². The number of benzene rings is 1. The van der Waals surface area contributed by atoms with Gasteiger partial charge in [-0.2, -0.15) is 5.26 Å². The molecule has 1 fully saturated rings. The van der Waals surface area contributed by atoms with Crippen LogP contribution in [0.4, 0.5) is 5.69 Å². The zero-order chi connectivity index (χ0) is 13.0. The summed E-state index contributed by atoms with van der Waals surface area (Å²) < 4.78 is 0.854. The Morgan fingerprint density at radius 1 is 1.50 bits per heavy atom. The molecule has 18 heavy (non-hydrogen) atoms. The minimum Gasteiger partial charge on any atom is -0.383 e. The summed E-state index contributed by atoms with van der Waals surface area (Å²) in [4.78, 5) is 2.43. The number of nitrogens with one attached hydrogen (secondary N) is 1. The lowest BCUT2D eigenvalue weighted by Gasteiger charge is -2.32. The normalized spacial score (nSPS) is 20.4. The number of hydrogen-bond acceptors (Lipinski definition) is 3. The van der Waals surface area contributed by atoms with E-state index in [0.717, 1.165) is 16.7 Å². The number of nitrogens with zero attached hydrogens (tertiary/aromatic N) is 2. The van der Waals surface area contributed by atoms with Gasteiger partial charge < -0.3 is 10.2 Å². The van der Waals surface area contributed by atoms with Crippen molar-refractivity contribution in [3.8, 4) is 6.07 Å². The standard InChI is InChI=1S/C14H18BrN3/c1-18-7-3-2-4-13(18)10-17-12-6-5-11(9-16)14(15)8-12/h5-6,8,13,17H,2-4,7,10H2,1H3. The molecule has 0 aromatic heterocycles. The number of nitriles is 1. The highest BCUT2D eigenvalue weighted by Gasteiger charge is 2.18. The second-order valence-electron chi connectivity index (χ2n) is 4.82.